The average Bonchev–Trinajstić information content (AvgIpc) is 3.47. The van der Waals surface area contributed by atoms with E-state index >= 15 is 0 Å². The largest absolute Gasteiger partial charge is 0.455 e. The van der Waals surface area contributed by atoms with E-state index in [1.54, 1.807) is 22.9 Å². The van der Waals surface area contributed by atoms with Crippen LogP contribution in [0.1, 0.15) is 77.9 Å². The maximum absolute atomic E-state index is 14.8. The van der Waals surface area contributed by atoms with Crippen molar-refractivity contribution in [1.29, 1.82) is 0 Å². The predicted molar refractivity (Wildman–Crippen MR) is 177 cm³/mol. The molecule has 2 fully saturated rings. The highest BCUT2D eigenvalue weighted by molar-refractivity contribution is 5.99. The third-order valence-electron chi connectivity index (χ3n) is 10.8. The molecule has 4 heterocycles. The third-order valence-corrected chi connectivity index (χ3v) is 10.8. The van der Waals surface area contributed by atoms with Gasteiger partial charge in [0, 0.05) is 26.6 Å². The van der Waals surface area contributed by atoms with Crippen LogP contribution in [0.3, 0.4) is 0 Å². The quantitative estimate of drug-likeness (QED) is 0.244. The summed E-state index contributed by atoms with van der Waals surface area (Å²) in [4.78, 5) is 62.0. The van der Waals surface area contributed by atoms with E-state index in [4.69, 9.17) is 9.47 Å². The van der Waals surface area contributed by atoms with Crippen molar-refractivity contribution in [3.8, 4) is 0 Å². The first kappa shape index (κ1) is 34.8. The molecule has 0 unspecified atom stereocenters. The van der Waals surface area contributed by atoms with Gasteiger partial charge in [-0.2, -0.15) is 0 Å². The molecule has 0 bridgehead atoms. The molecule has 1 aromatic rings. The van der Waals surface area contributed by atoms with Gasteiger partial charge in [0.25, 0.3) is 0 Å². The molecule has 4 aliphatic heterocycles. The molecule has 1 aromatic carbocycles. The second-order valence-electron chi connectivity index (χ2n) is 13.6. The van der Waals surface area contributed by atoms with Crippen LogP contribution in [0, 0.1) is 17.8 Å². The number of benzene rings is 1. The molecule has 3 amide bonds. The van der Waals surface area contributed by atoms with Gasteiger partial charge in [0.2, 0.25) is 17.7 Å². The summed E-state index contributed by atoms with van der Waals surface area (Å²) in [7, 11) is 1.71. The average molecular weight is 650 g/mol. The number of likely N-dealkylation sites (N-methyl/N-ethyl adjacent to an activating group) is 1. The third kappa shape index (κ3) is 6.38. The van der Waals surface area contributed by atoms with Crippen LogP contribution in [0.5, 0.6) is 0 Å². The van der Waals surface area contributed by atoms with Gasteiger partial charge in [0.05, 0.1) is 30.7 Å². The Morgan fingerprint density at radius 3 is 2.47 bits per heavy atom. The van der Waals surface area contributed by atoms with Crippen molar-refractivity contribution in [2.24, 2.45) is 17.8 Å². The number of amides is 3. The highest BCUT2D eigenvalue weighted by Gasteiger charge is 2.72. The lowest BCUT2D eigenvalue weighted by Gasteiger charge is -2.40. The maximum Gasteiger partial charge on any atom is 0.313 e. The zero-order valence-electron chi connectivity index (χ0n) is 28.4. The molecular formula is C37H51N3O7. The topological polar surface area (TPSA) is 117 Å². The maximum atomic E-state index is 14.8. The van der Waals surface area contributed by atoms with Crippen molar-refractivity contribution in [2.45, 2.75) is 102 Å². The van der Waals surface area contributed by atoms with Gasteiger partial charge in [-0.3, -0.25) is 19.2 Å². The van der Waals surface area contributed by atoms with E-state index in [0.717, 1.165) is 24.8 Å². The number of hydrogen-bond acceptors (Lipinski definition) is 7. The van der Waals surface area contributed by atoms with E-state index < -0.39 is 53.7 Å². The second kappa shape index (κ2) is 14.7. The van der Waals surface area contributed by atoms with Crippen LogP contribution in [0.25, 0.3) is 0 Å². The van der Waals surface area contributed by atoms with Gasteiger partial charge in [0.1, 0.15) is 23.7 Å². The fourth-order valence-electron chi connectivity index (χ4n) is 7.80. The van der Waals surface area contributed by atoms with Crippen molar-refractivity contribution in [2.75, 3.05) is 26.7 Å². The first-order valence-electron chi connectivity index (χ1n) is 17.4. The van der Waals surface area contributed by atoms with E-state index in [0.29, 0.717) is 25.9 Å². The summed E-state index contributed by atoms with van der Waals surface area (Å²) in [6.45, 7) is 8.50. The predicted octanol–water partition coefficient (Wildman–Crippen LogP) is 4.04. The Bertz CT molecular complexity index is 1360. The van der Waals surface area contributed by atoms with Gasteiger partial charge < -0.3 is 29.3 Å². The summed E-state index contributed by atoms with van der Waals surface area (Å²) in [5.41, 5.74) is -0.708. The zero-order chi connectivity index (χ0) is 33.9. The lowest BCUT2D eigenvalue weighted by Crippen LogP contribution is -2.59. The Hall–Kier alpha value is -3.50. The van der Waals surface area contributed by atoms with Crippen LogP contribution in [0.4, 0.5) is 0 Å². The summed E-state index contributed by atoms with van der Waals surface area (Å²) in [6, 6.07) is 7.13. The van der Waals surface area contributed by atoms with Crippen molar-refractivity contribution < 1.29 is 33.8 Å². The first-order valence-corrected chi connectivity index (χ1v) is 17.4. The normalized spacial score (nSPS) is 33.3. The molecule has 0 saturated carbocycles. The molecule has 1 spiro atoms. The Morgan fingerprint density at radius 1 is 1.04 bits per heavy atom. The van der Waals surface area contributed by atoms with Crippen molar-refractivity contribution >= 4 is 23.7 Å². The number of rotatable bonds is 9. The molecule has 1 N–H and O–H groups in total. The number of hydrogen-bond donors (Lipinski definition) is 1. The summed E-state index contributed by atoms with van der Waals surface area (Å²) in [5.74, 6) is -3.52. The highest BCUT2D eigenvalue weighted by atomic mass is 16.6. The van der Waals surface area contributed by atoms with Crippen LogP contribution in [-0.4, -0.2) is 100 Å². The number of nitrogens with zero attached hydrogens (tertiary/aromatic N) is 3. The zero-order valence-corrected chi connectivity index (χ0v) is 28.4. The Kier molecular flexibility index (Phi) is 10.9. The summed E-state index contributed by atoms with van der Waals surface area (Å²) in [5, 5.41) is 10.7. The van der Waals surface area contributed by atoms with E-state index in [1.165, 1.54) is 4.90 Å². The summed E-state index contributed by atoms with van der Waals surface area (Å²) < 4.78 is 13.2. The molecule has 256 valence electrons. The number of aliphatic hydroxyl groups excluding tert-OH is 1. The van der Waals surface area contributed by atoms with Crippen molar-refractivity contribution in [3.05, 3.63) is 60.2 Å². The van der Waals surface area contributed by atoms with Gasteiger partial charge >= 0.3 is 5.97 Å². The van der Waals surface area contributed by atoms with Crippen LogP contribution in [-0.2, 0) is 28.7 Å². The molecular weight excluding hydrogens is 598 g/mol. The van der Waals surface area contributed by atoms with Gasteiger partial charge in [-0.05, 0) is 31.2 Å². The fourth-order valence-corrected chi connectivity index (χ4v) is 7.80. The minimum Gasteiger partial charge on any atom is -0.455 e. The van der Waals surface area contributed by atoms with Crippen LogP contribution in [0.2, 0.25) is 0 Å². The highest BCUT2D eigenvalue weighted by Crippen LogP contribution is 2.54. The van der Waals surface area contributed by atoms with Gasteiger partial charge in [-0.25, -0.2) is 0 Å². The number of likely N-dealkylation sites (tertiary alicyclic amines) is 1. The molecule has 47 heavy (non-hydrogen) atoms. The Labute approximate surface area is 278 Å². The van der Waals surface area contributed by atoms with Gasteiger partial charge in [-0.15, -0.1) is 0 Å². The van der Waals surface area contributed by atoms with Crippen LogP contribution >= 0.6 is 0 Å². The number of aliphatic hydroxyl groups is 1. The molecule has 4 aliphatic rings. The van der Waals surface area contributed by atoms with E-state index in [2.05, 4.69) is 6.92 Å². The van der Waals surface area contributed by atoms with Gasteiger partial charge in [-0.1, -0.05) is 94.7 Å². The lowest BCUT2D eigenvalue weighted by atomic mass is 9.77. The van der Waals surface area contributed by atoms with E-state index in [1.807, 2.05) is 69.3 Å². The molecule has 0 radical (unpaired) electrons. The molecule has 10 heteroatoms. The van der Waals surface area contributed by atoms with E-state index in [-0.39, 0.29) is 36.7 Å². The number of esters is 1. The number of ether oxygens (including phenoxy) is 2. The summed E-state index contributed by atoms with van der Waals surface area (Å²) >= 11 is 0. The number of cyclic esters (lactones) is 1. The lowest BCUT2D eigenvalue weighted by molar-refractivity contribution is -0.165. The minimum atomic E-state index is -1.44. The summed E-state index contributed by atoms with van der Waals surface area (Å²) in [6.07, 6.45) is 9.79. The minimum absolute atomic E-state index is 0.0782. The second-order valence-corrected chi connectivity index (χ2v) is 13.6. The molecule has 0 aromatic heterocycles. The number of carbonyl (C=O) groups excluding carboxylic acids is 4. The smallest absolute Gasteiger partial charge is 0.313 e. The SMILES string of the molecule is CCCCCN1CC=C[C@@]23O[C@H]4/C=C\CCC(=O)N(C)[C@@H](C)[C@H](c5ccccc5)OC(=O)[C@H]4[C@@H]2C(=O)N([C@@H](CO)[C@@H](C)CC)[C@H]3C1=O. The molecule has 10 nitrogen and oxygen atoms in total. The number of fused-ring (bicyclic) bond motifs is 2. The van der Waals surface area contributed by atoms with Crippen LogP contribution in [0.15, 0.2) is 54.6 Å². The molecule has 2 saturated heterocycles. The molecule has 5 rings (SSSR count). The standard InChI is InChI=1S/C37H51N3O7/c1-6-8-14-21-39-22-15-20-37-31(34(43)40(33(37)35(39)44)27(23-41)24(3)7-2)30-28(47-37)18-12-13-19-29(42)38(5)25(4)32(46-36(30)45)26-16-10-9-11-17-26/h9-12,15-18,20,24-25,27-28,30-33,41H,6-8,13-14,19,21-23H2,1-5H3/b18-12-/t24-,25-,27-,28-,30+,31+,32+,33-,37+/m0/s1. The monoisotopic (exact) mass is 649 g/mol. The Morgan fingerprint density at radius 2 is 1.79 bits per heavy atom. The number of allylic oxidation sites excluding steroid dienone is 1. The number of unbranched alkanes of at least 4 members (excludes halogenated alkanes) is 2. The van der Waals surface area contributed by atoms with Gasteiger partial charge in [0.15, 0.2) is 0 Å². The van der Waals surface area contributed by atoms with E-state index in [9.17, 15) is 24.3 Å². The number of carbonyl (C=O) groups is 4. The van der Waals surface area contributed by atoms with Crippen LogP contribution < -0.4 is 0 Å². The Balaban J connectivity index is 1.62. The molecule has 0 aliphatic carbocycles. The van der Waals surface area contributed by atoms with Crippen molar-refractivity contribution in [1.82, 2.24) is 14.7 Å². The first-order chi connectivity index (χ1) is 22.6. The fraction of sp³-hybridized carbons (Fsp3) is 0.622. The van der Waals surface area contributed by atoms with Crippen molar-refractivity contribution in [3.63, 3.8) is 0 Å². The molecule has 9 atom stereocenters.